The molecule has 5 rings (SSSR count). The average molecular weight is 492 g/mol. The van der Waals surface area contributed by atoms with Crippen molar-refractivity contribution >= 4 is 11.6 Å². The fourth-order valence-corrected chi connectivity index (χ4v) is 7.77. The van der Waals surface area contributed by atoms with E-state index in [0.717, 1.165) is 61.6 Å². The number of methoxy groups -OCH3 is 1. The maximum absolute atomic E-state index is 13.4. The van der Waals surface area contributed by atoms with Crippen LogP contribution in [0.4, 0.5) is 0 Å². The van der Waals surface area contributed by atoms with Gasteiger partial charge in [-0.1, -0.05) is 24.6 Å². The summed E-state index contributed by atoms with van der Waals surface area (Å²) in [6.07, 6.45) is 9.56. The summed E-state index contributed by atoms with van der Waals surface area (Å²) in [6, 6.07) is 7.87. The Hall–Kier alpha value is -2.24. The molecule has 0 aliphatic heterocycles. The number of carbonyl (C=O) groups excluding carboxylic acids is 2. The molecule has 0 spiro atoms. The lowest BCUT2D eigenvalue weighted by Crippen LogP contribution is -2.41. The first kappa shape index (κ1) is 25.4. The molecule has 0 aromatic heterocycles. The molecule has 0 radical (unpaired) electrons. The lowest BCUT2D eigenvalue weighted by Gasteiger charge is -2.50. The summed E-state index contributed by atoms with van der Waals surface area (Å²) in [5.41, 5.74) is 5.03. The van der Waals surface area contributed by atoms with Crippen LogP contribution in [0.1, 0.15) is 63.4 Å². The number of Topliss-reactive ketones (excluding diaryl/α,β-unsaturated/α-hetero) is 1. The number of benzene rings is 1. The highest BCUT2D eigenvalue weighted by atomic mass is 16.5. The van der Waals surface area contributed by atoms with E-state index in [2.05, 4.69) is 11.8 Å². The van der Waals surface area contributed by atoms with Crippen LogP contribution >= 0.6 is 0 Å². The zero-order chi connectivity index (χ0) is 25.4. The number of allylic oxidation sites excluding steroid dienone is 4. The van der Waals surface area contributed by atoms with Gasteiger partial charge in [0.2, 0.25) is 11.6 Å². The predicted molar refractivity (Wildman–Crippen MR) is 141 cm³/mol. The topological polar surface area (TPSA) is 55.8 Å². The van der Waals surface area contributed by atoms with E-state index in [4.69, 9.17) is 9.47 Å². The van der Waals surface area contributed by atoms with Crippen molar-refractivity contribution in [2.75, 3.05) is 41.0 Å². The number of nitrogens with zero attached hydrogens (tertiary/aromatic N) is 1. The zero-order valence-electron chi connectivity index (χ0n) is 22.3. The standard InChI is InChI=1S/C31H41NO4/c1-31-15-13-25-24(26(31)12-8-22(31)14-17-35-4)11-7-21-19-27(33)30(34)29(28(21)25)20-5-9-23(10-6-20)36-18-16-32(2)3/h5-6,9-10,19,22,24,26,29H,7-8,11-18H2,1-4H3/t22-,24-,26+,29?,31-/m1/s1. The molecule has 1 aromatic rings. The Bertz CT molecular complexity index is 1070. The number of hydrogen-bond acceptors (Lipinski definition) is 5. The second-order valence-electron chi connectivity index (χ2n) is 11.8. The molecule has 0 heterocycles. The molecule has 5 nitrogen and oxygen atoms in total. The van der Waals surface area contributed by atoms with E-state index in [9.17, 15) is 9.59 Å². The van der Waals surface area contributed by atoms with E-state index in [1.54, 1.807) is 13.2 Å². The van der Waals surface area contributed by atoms with Crippen LogP contribution in [0, 0.1) is 23.2 Å². The van der Waals surface area contributed by atoms with Crippen molar-refractivity contribution in [3.63, 3.8) is 0 Å². The molecule has 1 aromatic carbocycles. The predicted octanol–water partition coefficient (Wildman–Crippen LogP) is 5.36. The Morgan fingerprint density at radius 3 is 2.53 bits per heavy atom. The third-order valence-electron chi connectivity index (χ3n) is 9.68. The molecule has 36 heavy (non-hydrogen) atoms. The SMILES string of the molecule is COCC[C@H]1CC[C@H]2[C@@H]3CCC4=CC(=O)C(=O)C(c5ccc(OCCN(C)C)cc5)C4=C3CC[C@]12C. The second kappa shape index (κ2) is 10.3. The summed E-state index contributed by atoms with van der Waals surface area (Å²) in [5.74, 6) is 1.62. The van der Waals surface area contributed by atoms with Crippen molar-refractivity contribution in [3.8, 4) is 5.75 Å². The molecule has 5 atom stereocenters. The Morgan fingerprint density at radius 2 is 1.81 bits per heavy atom. The number of carbonyl (C=O) groups is 2. The number of ether oxygens (including phenoxy) is 2. The summed E-state index contributed by atoms with van der Waals surface area (Å²) in [6.45, 7) is 4.81. The van der Waals surface area contributed by atoms with Gasteiger partial charge >= 0.3 is 0 Å². The normalized spacial score (nSPS) is 31.8. The summed E-state index contributed by atoms with van der Waals surface area (Å²) in [4.78, 5) is 28.2. The second-order valence-corrected chi connectivity index (χ2v) is 11.8. The fraction of sp³-hybridized carbons (Fsp3) is 0.613. The van der Waals surface area contributed by atoms with Gasteiger partial charge in [-0.25, -0.2) is 0 Å². The van der Waals surface area contributed by atoms with Gasteiger partial charge in [0.15, 0.2) is 0 Å². The maximum atomic E-state index is 13.4. The minimum atomic E-state index is -0.471. The van der Waals surface area contributed by atoms with E-state index in [1.807, 2.05) is 38.4 Å². The van der Waals surface area contributed by atoms with Crippen LogP contribution in [-0.4, -0.2) is 57.4 Å². The molecule has 4 aliphatic carbocycles. The van der Waals surface area contributed by atoms with Crippen LogP contribution in [-0.2, 0) is 14.3 Å². The van der Waals surface area contributed by atoms with Gasteiger partial charge in [-0.2, -0.15) is 0 Å². The van der Waals surface area contributed by atoms with Gasteiger partial charge in [0.05, 0.1) is 5.92 Å². The number of rotatable bonds is 8. The monoisotopic (exact) mass is 491 g/mol. The van der Waals surface area contributed by atoms with Crippen LogP contribution in [0.3, 0.4) is 0 Å². The van der Waals surface area contributed by atoms with Gasteiger partial charge in [0.1, 0.15) is 12.4 Å². The van der Waals surface area contributed by atoms with E-state index in [1.165, 1.54) is 30.4 Å². The highest BCUT2D eigenvalue weighted by Gasteiger charge is 2.54. The molecular weight excluding hydrogens is 450 g/mol. The minimum absolute atomic E-state index is 0.277. The Morgan fingerprint density at radius 1 is 1.03 bits per heavy atom. The minimum Gasteiger partial charge on any atom is -0.492 e. The third kappa shape index (κ3) is 4.50. The van der Waals surface area contributed by atoms with Gasteiger partial charge in [0.25, 0.3) is 0 Å². The number of likely N-dealkylation sites (N-methyl/N-ethyl adjacent to an activating group) is 1. The maximum Gasteiger partial charge on any atom is 0.222 e. The molecule has 194 valence electrons. The summed E-state index contributed by atoms with van der Waals surface area (Å²) >= 11 is 0. The Kier molecular flexibility index (Phi) is 7.24. The van der Waals surface area contributed by atoms with E-state index in [-0.39, 0.29) is 11.6 Å². The van der Waals surface area contributed by atoms with E-state index >= 15 is 0 Å². The van der Waals surface area contributed by atoms with Crippen LogP contribution < -0.4 is 4.74 Å². The molecule has 0 N–H and O–H groups in total. The molecule has 1 unspecified atom stereocenters. The molecule has 4 aliphatic rings. The highest BCUT2D eigenvalue weighted by molar-refractivity contribution is 6.45. The van der Waals surface area contributed by atoms with Gasteiger partial charge < -0.3 is 14.4 Å². The van der Waals surface area contributed by atoms with E-state index in [0.29, 0.717) is 23.9 Å². The van der Waals surface area contributed by atoms with Crippen molar-refractivity contribution in [2.24, 2.45) is 23.2 Å². The van der Waals surface area contributed by atoms with Gasteiger partial charge in [-0.05, 0) is 117 Å². The van der Waals surface area contributed by atoms with Crippen LogP contribution in [0.5, 0.6) is 5.75 Å². The molecule has 5 heteroatoms. The van der Waals surface area contributed by atoms with E-state index < -0.39 is 5.92 Å². The van der Waals surface area contributed by atoms with Crippen molar-refractivity contribution < 1.29 is 19.1 Å². The summed E-state index contributed by atoms with van der Waals surface area (Å²) < 4.78 is 11.3. The van der Waals surface area contributed by atoms with Gasteiger partial charge in [0, 0.05) is 20.3 Å². The third-order valence-corrected chi connectivity index (χ3v) is 9.68. The zero-order valence-corrected chi connectivity index (χ0v) is 22.3. The summed E-state index contributed by atoms with van der Waals surface area (Å²) in [7, 11) is 5.85. The summed E-state index contributed by atoms with van der Waals surface area (Å²) in [5, 5.41) is 0. The molecule has 2 saturated carbocycles. The van der Waals surface area contributed by atoms with Gasteiger partial charge in [-0.3, -0.25) is 9.59 Å². The lowest BCUT2D eigenvalue weighted by atomic mass is 9.54. The molecule has 0 bridgehead atoms. The molecular formula is C31H41NO4. The smallest absolute Gasteiger partial charge is 0.222 e. The largest absolute Gasteiger partial charge is 0.492 e. The number of fused-ring (bicyclic) bond motifs is 4. The van der Waals surface area contributed by atoms with Crippen LogP contribution in [0.2, 0.25) is 0 Å². The highest BCUT2D eigenvalue weighted by Crippen LogP contribution is 2.63. The van der Waals surface area contributed by atoms with Crippen molar-refractivity contribution in [3.05, 3.63) is 52.6 Å². The molecule has 0 amide bonds. The average Bonchev–Trinajstić information content (AvgIpc) is 3.20. The lowest BCUT2D eigenvalue weighted by molar-refractivity contribution is -0.134. The number of hydrogen-bond donors (Lipinski definition) is 0. The van der Waals surface area contributed by atoms with Gasteiger partial charge in [-0.15, -0.1) is 0 Å². The number of ketones is 2. The first-order valence-electron chi connectivity index (χ1n) is 13.7. The molecule has 0 saturated heterocycles. The Labute approximate surface area is 215 Å². The fourth-order valence-electron chi connectivity index (χ4n) is 7.77. The van der Waals surface area contributed by atoms with Crippen molar-refractivity contribution in [1.29, 1.82) is 0 Å². The molecule has 2 fully saturated rings. The van der Waals surface area contributed by atoms with Crippen LogP contribution in [0.15, 0.2) is 47.1 Å². The van der Waals surface area contributed by atoms with Crippen molar-refractivity contribution in [2.45, 2.75) is 57.8 Å². The van der Waals surface area contributed by atoms with Crippen LogP contribution in [0.25, 0.3) is 0 Å². The van der Waals surface area contributed by atoms with Crippen molar-refractivity contribution in [1.82, 2.24) is 4.90 Å². The first-order chi connectivity index (χ1) is 17.3. The first-order valence-corrected chi connectivity index (χ1v) is 13.7. The Balaban J connectivity index is 1.46. The quantitative estimate of drug-likeness (QED) is 0.459.